The molecule has 0 aliphatic heterocycles. The second kappa shape index (κ2) is 5.67. The third-order valence-corrected chi connectivity index (χ3v) is 2.78. The highest BCUT2D eigenvalue weighted by molar-refractivity contribution is 6.02. The Morgan fingerprint density at radius 2 is 2.21 bits per heavy atom. The Hall–Kier alpha value is -2.14. The quantitative estimate of drug-likeness (QED) is 0.880. The maximum Gasteiger partial charge on any atom is 0.293 e. The molecule has 0 fully saturated rings. The van der Waals surface area contributed by atoms with Gasteiger partial charge >= 0.3 is 0 Å². The van der Waals surface area contributed by atoms with Gasteiger partial charge in [0, 0.05) is 18.7 Å². The zero-order chi connectivity index (χ0) is 13.8. The third kappa shape index (κ3) is 3.20. The highest BCUT2D eigenvalue weighted by Crippen LogP contribution is 2.17. The van der Waals surface area contributed by atoms with Crippen molar-refractivity contribution in [1.82, 2.24) is 4.98 Å². The Labute approximate surface area is 111 Å². The molecule has 2 aromatic rings. The minimum absolute atomic E-state index is 0.198. The molecule has 0 saturated carbocycles. The van der Waals surface area contributed by atoms with Crippen molar-refractivity contribution in [1.29, 1.82) is 0 Å². The van der Waals surface area contributed by atoms with Crippen LogP contribution in [0.4, 0.5) is 5.69 Å². The molecular weight excluding hydrogens is 242 g/mol. The molecule has 0 atom stereocenters. The molecule has 3 N–H and O–H groups in total. The number of hydrogen-bond acceptors (Lipinski definition) is 4. The van der Waals surface area contributed by atoms with Crippen LogP contribution in [0.25, 0.3) is 0 Å². The topological polar surface area (TPSA) is 81.2 Å². The van der Waals surface area contributed by atoms with Crippen molar-refractivity contribution in [2.75, 3.05) is 11.9 Å². The number of rotatable bonds is 4. The molecule has 5 nitrogen and oxygen atoms in total. The van der Waals surface area contributed by atoms with E-state index in [1.807, 2.05) is 32.0 Å². The number of nitrogens with one attached hydrogen (secondary N) is 1. The second-order valence-electron chi connectivity index (χ2n) is 4.43. The van der Waals surface area contributed by atoms with E-state index in [1.54, 1.807) is 0 Å². The van der Waals surface area contributed by atoms with Crippen LogP contribution in [0.3, 0.4) is 0 Å². The Balaban J connectivity index is 2.13. The number of nitrogens with zero attached hydrogens (tertiary/aromatic N) is 1. The van der Waals surface area contributed by atoms with E-state index < -0.39 is 0 Å². The van der Waals surface area contributed by atoms with Gasteiger partial charge < -0.3 is 15.5 Å². The van der Waals surface area contributed by atoms with Crippen molar-refractivity contribution >= 4 is 11.6 Å². The summed E-state index contributed by atoms with van der Waals surface area (Å²) in [6.07, 6.45) is 1.95. The highest BCUT2D eigenvalue weighted by atomic mass is 16.4. The summed E-state index contributed by atoms with van der Waals surface area (Å²) in [5.74, 6) is 0.377. The summed E-state index contributed by atoms with van der Waals surface area (Å²) in [6.45, 7) is 4.36. The Morgan fingerprint density at radius 1 is 1.42 bits per heavy atom. The molecule has 0 spiro atoms. The first-order valence-corrected chi connectivity index (χ1v) is 6.13. The molecule has 1 aromatic heterocycles. The smallest absolute Gasteiger partial charge is 0.293 e. The molecule has 2 rings (SSSR count). The van der Waals surface area contributed by atoms with Gasteiger partial charge in [-0.05, 0) is 31.0 Å². The van der Waals surface area contributed by atoms with Crippen molar-refractivity contribution < 1.29 is 9.21 Å². The van der Waals surface area contributed by atoms with Crippen molar-refractivity contribution in [3.05, 3.63) is 47.2 Å². The minimum atomic E-state index is -0.301. The van der Waals surface area contributed by atoms with E-state index in [4.69, 9.17) is 10.2 Å². The zero-order valence-corrected chi connectivity index (χ0v) is 11.1. The Kier molecular flexibility index (Phi) is 3.97. The van der Waals surface area contributed by atoms with Gasteiger partial charge in [-0.2, -0.15) is 0 Å². The molecule has 0 aliphatic carbocycles. The summed E-state index contributed by atoms with van der Waals surface area (Å²) in [5.41, 5.74) is 8.27. The number of carbonyl (C=O) groups excluding carboxylic acids is 1. The van der Waals surface area contributed by atoms with E-state index in [0.717, 1.165) is 16.8 Å². The summed E-state index contributed by atoms with van der Waals surface area (Å²) >= 11 is 0. The maximum atomic E-state index is 12.0. The van der Waals surface area contributed by atoms with Gasteiger partial charge in [0.1, 0.15) is 0 Å². The van der Waals surface area contributed by atoms with Crippen LogP contribution in [0.1, 0.15) is 27.6 Å². The molecule has 0 radical (unpaired) electrons. The summed E-state index contributed by atoms with van der Waals surface area (Å²) in [7, 11) is 0. The van der Waals surface area contributed by atoms with Crippen molar-refractivity contribution in [3.63, 3.8) is 0 Å². The normalized spacial score (nSPS) is 10.5. The molecule has 0 bridgehead atoms. The van der Waals surface area contributed by atoms with Gasteiger partial charge in [0.15, 0.2) is 5.89 Å². The van der Waals surface area contributed by atoms with Gasteiger partial charge in [0.25, 0.3) is 5.91 Å². The largest absolute Gasteiger partial charge is 0.435 e. The van der Waals surface area contributed by atoms with E-state index in [0.29, 0.717) is 18.9 Å². The van der Waals surface area contributed by atoms with Gasteiger partial charge in [-0.3, -0.25) is 4.79 Å². The fourth-order valence-corrected chi connectivity index (χ4v) is 1.71. The van der Waals surface area contributed by atoms with Crippen molar-refractivity contribution in [2.45, 2.75) is 20.3 Å². The maximum absolute atomic E-state index is 12.0. The predicted octanol–water partition coefficient (Wildman–Crippen LogP) is 2.04. The molecule has 0 saturated heterocycles. The Bertz CT molecular complexity index is 590. The lowest BCUT2D eigenvalue weighted by atomic mass is 10.1. The predicted molar refractivity (Wildman–Crippen MR) is 73.1 cm³/mol. The van der Waals surface area contributed by atoms with Crippen molar-refractivity contribution in [2.24, 2.45) is 5.73 Å². The SMILES string of the molecule is Cc1ccc(C)c(NC(=O)c2cnc(CCN)o2)c1. The van der Waals surface area contributed by atoms with E-state index in [9.17, 15) is 4.79 Å². The number of oxazole rings is 1. The number of benzene rings is 1. The minimum Gasteiger partial charge on any atom is -0.435 e. The summed E-state index contributed by atoms with van der Waals surface area (Å²) in [5, 5.41) is 2.82. The van der Waals surface area contributed by atoms with Gasteiger partial charge in [0.05, 0.1) is 6.20 Å². The molecule has 1 aromatic carbocycles. The average molecular weight is 259 g/mol. The molecule has 1 heterocycles. The second-order valence-corrected chi connectivity index (χ2v) is 4.43. The van der Waals surface area contributed by atoms with Gasteiger partial charge in [-0.25, -0.2) is 4.98 Å². The number of nitrogens with two attached hydrogens (primary N) is 1. The van der Waals surface area contributed by atoms with E-state index >= 15 is 0 Å². The van der Waals surface area contributed by atoms with Crippen LogP contribution < -0.4 is 11.1 Å². The molecule has 19 heavy (non-hydrogen) atoms. The van der Waals surface area contributed by atoms with Crippen LogP contribution in [-0.4, -0.2) is 17.4 Å². The first kappa shape index (κ1) is 13.3. The number of amides is 1. The monoisotopic (exact) mass is 259 g/mol. The number of aryl methyl sites for hydroxylation is 2. The first-order chi connectivity index (χ1) is 9.10. The van der Waals surface area contributed by atoms with Gasteiger partial charge in [-0.1, -0.05) is 12.1 Å². The lowest BCUT2D eigenvalue weighted by Gasteiger charge is -2.07. The standard InChI is InChI=1S/C14H17N3O2/c1-9-3-4-10(2)11(7-9)17-14(18)12-8-16-13(19-12)5-6-15/h3-4,7-8H,5-6,15H2,1-2H3,(H,17,18). The van der Waals surface area contributed by atoms with Crippen LogP contribution in [-0.2, 0) is 6.42 Å². The van der Waals surface area contributed by atoms with Crippen LogP contribution in [0.5, 0.6) is 0 Å². The fourth-order valence-electron chi connectivity index (χ4n) is 1.71. The lowest BCUT2D eigenvalue weighted by Crippen LogP contribution is -2.12. The number of carbonyl (C=O) groups is 1. The van der Waals surface area contributed by atoms with Crippen LogP contribution >= 0.6 is 0 Å². The molecule has 0 unspecified atom stereocenters. The van der Waals surface area contributed by atoms with E-state index in [1.165, 1.54) is 6.20 Å². The van der Waals surface area contributed by atoms with Crippen LogP contribution in [0.15, 0.2) is 28.8 Å². The number of anilines is 1. The number of hydrogen-bond donors (Lipinski definition) is 2. The first-order valence-electron chi connectivity index (χ1n) is 6.13. The van der Waals surface area contributed by atoms with E-state index in [2.05, 4.69) is 10.3 Å². The third-order valence-electron chi connectivity index (χ3n) is 2.78. The van der Waals surface area contributed by atoms with Crippen LogP contribution in [0, 0.1) is 13.8 Å². The summed E-state index contributed by atoms with van der Waals surface area (Å²) in [4.78, 5) is 16.0. The highest BCUT2D eigenvalue weighted by Gasteiger charge is 2.13. The number of aromatic nitrogens is 1. The molecule has 100 valence electrons. The summed E-state index contributed by atoms with van der Waals surface area (Å²) in [6, 6.07) is 5.88. The van der Waals surface area contributed by atoms with Gasteiger partial charge in [0.2, 0.25) is 5.76 Å². The average Bonchev–Trinajstić information content (AvgIpc) is 2.83. The molecule has 5 heteroatoms. The van der Waals surface area contributed by atoms with Gasteiger partial charge in [-0.15, -0.1) is 0 Å². The van der Waals surface area contributed by atoms with E-state index in [-0.39, 0.29) is 11.7 Å². The van der Waals surface area contributed by atoms with Crippen LogP contribution in [0.2, 0.25) is 0 Å². The zero-order valence-electron chi connectivity index (χ0n) is 11.1. The molecule has 0 aliphatic rings. The fraction of sp³-hybridized carbons (Fsp3) is 0.286. The Morgan fingerprint density at radius 3 is 2.95 bits per heavy atom. The summed E-state index contributed by atoms with van der Waals surface area (Å²) < 4.78 is 5.33. The molecule has 1 amide bonds. The van der Waals surface area contributed by atoms with Crippen molar-refractivity contribution in [3.8, 4) is 0 Å². The lowest BCUT2D eigenvalue weighted by molar-refractivity contribution is 0.0995. The molecular formula is C14H17N3O2.